The summed E-state index contributed by atoms with van der Waals surface area (Å²) < 4.78 is 5.04. The standard InChI is InChI=1S/C14H21NO/c1-16-10-14(15)8-6-11-5-7-12-3-2-4-13(12)9-11/h5,7,9,14H,2-4,6,8,10,15H2,1H3. The van der Waals surface area contributed by atoms with Crippen molar-refractivity contribution < 1.29 is 4.74 Å². The Morgan fingerprint density at radius 2 is 2.12 bits per heavy atom. The van der Waals surface area contributed by atoms with E-state index in [0.717, 1.165) is 12.8 Å². The van der Waals surface area contributed by atoms with Gasteiger partial charge in [0.25, 0.3) is 0 Å². The van der Waals surface area contributed by atoms with E-state index in [0.29, 0.717) is 6.61 Å². The van der Waals surface area contributed by atoms with Gasteiger partial charge >= 0.3 is 0 Å². The summed E-state index contributed by atoms with van der Waals surface area (Å²) in [5.41, 5.74) is 10.4. The molecule has 0 aromatic heterocycles. The molecule has 2 N–H and O–H groups in total. The molecule has 1 atom stereocenters. The Morgan fingerprint density at radius 3 is 2.94 bits per heavy atom. The van der Waals surface area contributed by atoms with Gasteiger partial charge in [0.2, 0.25) is 0 Å². The van der Waals surface area contributed by atoms with Crippen molar-refractivity contribution in [3.63, 3.8) is 0 Å². The zero-order valence-corrected chi connectivity index (χ0v) is 10.0. The van der Waals surface area contributed by atoms with Gasteiger partial charge in [-0.15, -0.1) is 0 Å². The third kappa shape index (κ3) is 2.83. The van der Waals surface area contributed by atoms with E-state index < -0.39 is 0 Å². The summed E-state index contributed by atoms with van der Waals surface area (Å²) in [7, 11) is 1.70. The molecule has 1 aliphatic rings. The maximum Gasteiger partial charge on any atom is 0.0613 e. The highest BCUT2D eigenvalue weighted by Crippen LogP contribution is 2.23. The Hall–Kier alpha value is -0.860. The monoisotopic (exact) mass is 219 g/mol. The number of ether oxygens (including phenoxy) is 1. The minimum Gasteiger partial charge on any atom is -0.383 e. The number of aryl methyl sites for hydroxylation is 3. The number of hydrogen-bond acceptors (Lipinski definition) is 2. The number of nitrogens with two attached hydrogens (primary N) is 1. The van der Waals surface area contributed by atoms with Crippen LogP contribution in [0.25, 0.3) is 0 Å². The minimum atomic E-state index is 0.165. The third-order valence-electron chi connectivity index (χ3n) is 3.35. The Kier molecular flexibility index (Phi) is 3.97. The van der Waals surface area contributed by atoms with Crippen molar-refractivity contribution in [2.24, 2.45) is 5.73 Å². The quantitative estimate of drug-likeness (QED) is 0.823. The van der Waals surface area contributed by atoms with Gasteiger partial charge in [-0.2, -0.15) is 0 Å². The average molecular weight is 219 g/mol. The molecule has 2 nitrogen and oxygen atoms in total. The van der Waals surface area contributed by atoms with Gasteiger partial charge < -0.3 is 10.5 Å². The lowest BCUT2D eigenvalue weighted by Crippen LogP contribution is -2.26. The number of benzene rings is 1. The van der Waals surface area contributed by atoms with Crippen LogP contribution < -0.4 is 5.73 Å². The lowest BCUT2D eigenvalue weighted by atomic mass is 10.0. The van der Waals surface area contributed by atoms with Crippen molar-refractivity contribution in [3.05, 3.63) is 34.9 Å². The van der Waals surface area contributed by atoms with E-state index in [4.69, 9.17) is 10.5 Å². The van der Waals surface area contributed by atoms with E-state index in [1.807, 2.05) is 0 Å². The fraction of sp³-hybridized carbons (Fsp3) is 0.571. The van der Waals surface area contributed by atoms with Crippen molar-refractivity contribution in [1.82, 2.24) is 0 Å². The van der Waals surface area contributed by atoms with E-state index in [2.05, 4.69) is 18.2 Å². The average Bonchev–Trinajstić information content (AvgIpc) is 2.74. The molecule has 0 amide bonds. The minimum absolute atomic E-state index is 0.165. The third-order valence-corrected chi connectivity index (χ3v) is 3.35. The first-order valence-electron chi connectivity index (χ1n) is 6.15. The molecule has 0 radical (unpaired) electrons. The van der Waals surface area contributed by atoms with Gasteiger partial charge in [0.05, 0.1) is 6.61 Å². The number of hydrogen-bond donors (Lipinski definition) is 1. The molecule has 0 aliphatic heterocycles. The molecule has 88 valence electrons. The van der Waals surface area contributed by atoms with Crippen molar-refractivity contribution in [2.75, 3.05) is 13.7 Å². The normalized spacial score (nSPS) is 16.1. The van der Waals surface area contributed by atoms with E-state index in [1.54, 1.807) is 18.2 Å². The molecule has 1 aromatic carbocycles. The van der Waals surface area contributed by atoms with Crippen molar-refractivity contribution in [1.29, 1.82) is 0 Å². The van der Waals surface area contributed by atoms with Gasteiger partial charge in [-0.05, 0) is 48.8 Å². The molecular weight excluding hydrogens is 198 g/mol. The summed E-state index contributed by atoms with van der Waals surface area (Å²) in [6.07, 6.45) is 5.92. The highest BCUT2D eigenvalue weighted by molar-refractivity contribution is 5.35. The van der Waals surface area contributed by atoms with E-state index in [-0.39, 0.29) is 6.04 Å². The lowest BCUT2D eigenvalue weighted by Gasteiger charge is -2.10. The van der Waals surface area contributed by atoms with Crippen molar-refractivity contribution >= 4 is 0 Å². The number of fused-ring (bicyclic) bond motifs is 1. The second kappa shape index (κ2) is 5.46. The molecule has 1 aliphatic carbocycles. The molecule has 16 heavy (non-hydrogen) atoms. The van der Waals surface area contributed by atoms with Crippen LogP contribution in [0, 0.1) is 0 Å². The van der Waals surface area contributed by atoms with Crippen LogP contribution in [-0.2, 0) is 24.0 Å². The first-order chi connectivity index (χ1) is 7.79. The van der Waals surface area contributed by atoms with Crippen LogP contribution in [0.5, 0.6) is 0 Å². The number of rotatable bonds is 5. The summed E-state index contributed by atoms with van der Waals surface area (Å²) in [6, 6.07) is 7.07. The molecule has 2 rings (SSSR count). The molecule has 0 heterocycles. The molecule has 0 saturated carbocycles. The van der Waals surface area contributed by atoms with E-state index >= 15 is 0 Å². The molecule has 0 fully saturated rings. The number of methoxy groups -OCH3 is 1. The van der Waals surface area contributed by atoms with Crippen molar-refractivity contribution in [2.45, 2.75) is 38.1 Å². The smallest absolute Gasteiger partial charge is 0.0613 e. The van der Waals surface area contributed by atoms with Crippen LogP contribution in [0.3, 0.4) is 0 Å². The fourth-order valence-electron chi connectivity index (χ4n) is 2.43. The summed E-state index contributed by atoms with van der Waals surface area (Å²) in [4.78, 5) is 0. The van der Waals surface area contributed by atoms with E-state index in [9.17, 15) is 0 Å². The largest absolute Gasteiger partial charge is 0.383 e. The maximum absolute atomic E-state index is 5.92. The molecule has 1 unspecified atom stereocenters. The van der Waals surface area contributed by atoms with Crippen LogP contribution >= 0.6 is 0 Å². The van der Waals surface area contributed by atoms with Crippen LogP contribution in [0.2, 0.25) is 0 Å². The molecular formula is C14H21NO. The summed E-state index contributed by atoms with van der Waals surface area (Å²) in [5.74, 6) is 0. The summed E-state index contributed by atoms with van der Waals surface area (Å²) in [6.45, 7) is 0.658. The van der Waals surface area contributed by atoms with Gasteiger partial charge in [0.15, 0.2) is 0 Å². The van der Waals surface area contributed by atoms with Crippen LogP contribution in [0.1, 0.15) is 29.5 Å². The first kappa shape index (κ1) is 11.6. The van der Waals surface area contributed by atoms with Gasteiger partial charge in [-0.1, -0.05) is 18.2 Å². The van der Waals surface area contributed by atoms with Gasteiger partial charge in [-0.25, -0.2) is 0 Å². The Labute approximate surface area is 97.8 Å². The molecule has 0 spiro atoms. The molecule has 0 bridgehead atoms. The van der Waals surface area contributed by atoms with Crippen molar-refractivity contribution in [3.8, 4) is 0 Å². The predicted molar refractivity (Wildman–Crippen MR) is 66.6 cm³/mol. The topological polar surface area (TPSA) is 35.2 Å². The van der Waals surface area contributed by atoms with Crippen LogP contribution in [0.4, 0.5) is 0 Å². The SMILES string of the molecule is COCC(N)CCc1ccc2c(c1)CCC2. The molecule has 1 aromatic rings. The van der Waals surface area contributed by atoms with Gasteiger partial charge in [-0.3, -0.25) is 0 Å². The van der Waals surface area contributed by atoms with Gasteiger partial charge in [0, 0.05) is 13.2 Å². The van der Waals surface area contributed by atoms with Gasteiger partial charge in [0.1, 0.15) is 0 Å². The second-order valence-corrected chi connectivity index (χ2v) is 4.71. The first-order valence-corrected chi connectivity index (χ1v) is 6.15. The van der Waals surface area contributed by atoms with Crippen LogP contribution in [-0.4, -0.2) is 19.8 Å². The molecule has 2 heteroatoms. The highest BCUT2D eigenvalue weighted by atomic mass is 16.5. The fourth-order valence-corrected chi connectivity index (χ4v) is 2.43. The Morgan fingerprint density at radius 1 is 1.31 bits per heavy atom. The van der Waals surface area contributed by atoms with E-state index in [1.165, 1.54) is 24.8 Å². The Balaban J connectivity index is 1.90. The lowest BCUT2D eigenvalue weighted by molar-refractivity contribution is 0.177. The zero-order valence-electron chi connectivity index (χ0n) is 10.0. The Bertz CT molecular complexity index is 349. The summed E-state index contributed by atoms with van der Waals surface area (Å²) in [5, 5.41) is 0. The predicted octanol–water partition coefficient (Wildman–Crippen LogP) is 2.08. The summed E-state index contributed by atoms with van der Waals surface area (Å²) >= 11 is 0. The second-order valence-electron chi connectivity index (χ2n) is 4.71. The highest BCUT2D eigenvalue weighted by Gasteiger charge is 2.11. The van der Waals surface area contributed by atoms with Crippen LogP contribution in [0.15, 0.2) is 18.2 Å². The molecule has 0 saturated heterocycles. The maximum atomic E-state index is 5.92. The zero-order chi connectivity index (χ0) is 11.4.